The Balaban J connectivity index is 0.000000529. The van der Waals surface area contributed by atoms with Gasteiger partial charge < -0.3 is 24.8 Å². The smallest absolute Gasteiger partial charge is 1.00 e. The van der Waals surface area contributed by atoms with Gasteiger partial charge in [-0.1, -0.05) is 88.4 Å². The average molecular weight is 529 g/mol. The summed E-state index contributed by atoms with van der Waals surface area (Å²) in [5, 5.41) is 0. The van der Waals surface area contributed by atoms with Crippen molar-refractivity contribution >= 4 is 0 Å². The number of allylic oxidation sites excluding steroid dienone is 8. The van der Waals surface area contributed by atoms with Crippen LogP contribution in [-0.4, -0.2) is 0 Å². The number of hydrogen-bond acceptors (Lipinski definition) is 0. The monoisotopic (exact) mass is 526 g/mol. The van der Waals surface area contributed by atoms with Gasteiger partial charge in [0, 0.05) is 0 Å². The van der Waals surface area contributed by atoms with Crippen molar-refractivity contribution in [1.29, 1.82) is 0 Å². The van der Waals surface area contributed by atoms with Gasteiger partial charge in [0.2, 0.25) is 0 Å². The summed E-state index contributed by atoms with van der Waals surface area (Å²) < 4.78 is 0. The van der Waals surface area contributed by atoms with Gasteiger partial charge in [-0.05, 0) is 22.0 Å². The third kappa shape index (κ3) is 7.45. The standard InChI is InChI=1S/2C14H15.2ClH.Zr/c2*1-14(2,13-10-6-7-11-13)12-8-4-3-5-9-12;;;/h2*3-6,8-10H,7H2,1-2H3;2*1H;/q2*-1;;;+4/p-2. The molecule has 0 N–H and O–H groups in total. The fourth-order valence-corrected chi connectivity index (χ4v) is 3.69. The normalized spacial score (nSPS) is 14.2. The van der Waals surface area contributed by atoms with Crippen molar-refractivity contribution in [3.05, 3.63) is 119 Å². The molecule has 0 fully saturated rings. The van der Waals surface area contributed by atoms with E-state index in [9.17, 15) is 0 Å². The molecule has 2 aromatic rings. The zero-order valence-corrected chi connectivity index (χ0v) is 22.7. The van der Waals surface area contributed by atoms with Crippen molar-refractivity contribution < 1.29 is 51.0 Å². The van der Waals surface area contributed by atoms with Gasteiger partial charge in [-0.3, -0.25) is 12.2 Å². The quantitative estimate of drug-likeness (QED) is 0.526. The van der Waals surface area contributed by atoms with Crippen LogP contribution in [0.2, 0.25) is 0 Å². The van der Waals surface area contributed by atoms with Crippen LogP contribution in [0.5, 0.6) is 0 Å². The molecule has 3 heteroatoms. The molecule has 0 radical (unpaired) electrons. The summed E-state index contributed by atoms with van der Waals surface area (Å²) >= 11 is 0. The summed E-state index contributed by atoms with van der Waals surface area (Å²) in [5.74, 6) is 0. The number of halogens is 2. The summed E-state index contributed by atoms with van der Waals surface area (Å²) in [6, 6.07) is 21.2. The first-order chi connectivity index (χ1) is 13.4. The number of hydrogen-bond donors (Lipinski definition) is 0. The zero-order chi connectivity index (χ0) is 20.0. The summed E-state index contributed by atoms with van der Waals surface area (Å²) in [4.78, 5) is 0. The van der Waals surface area contributed by atoms with Crippen LogP contribution >= 0.6 is 0 Å². The molecule has 0 bridgehead atoms. The van der Waals surface area contributed by atoms with Crippen molar-refractivity contribution in [3.63, 3.8) is 0 Å². The molecule has 2 aromatic carbocycles. The minimum absolute atomic E-state index is 0. The third-order valence-corrected chi connectivity index (χ3v) is 5.73. The first-order valence-corrected chi connectivity index (χ1v) is 10.1. The van der Waals surface area contributed by atoms with E-state index in [4.69, 9.17) is 0 Å². The fraction of sp³-hybridized carbons (Fsp3) is 0.286. The van der Waals surface area contributed by atoms with Gasteiger partial charge in [0.05, 0.1) is 0 Å². The van der Waals surface area contributed by atoms with Gasteiger partial charge in [-0.2, -0.15) is 12.2 Å². The van der Waals surface area contributed by atoms with Crippen molar-refractivity contribution in [3.8, 4) is 0 Å². The van der Waals surface area contributed by atoms with Crippen molar-refractivity contribution in [2.24, 2.45) is 0 Å². The van der Waals surface area contributed by atoms with Gasteiger partial charge in [0.1, 0.15) is 0 Å². The SMILES string of the molecule is CC(C)(C1=[C-]CC=C1)c1ccccc1.CC(C)(C1=[C-]CC=C1)c1ccccc1.[Cl-].[Cl-].[Zr+4]. The molecule has 4 rings (SSSR count). The molecule has 0 saturated heterocycles. The minimum atomic E-state index is 0. The van der Waals surface area contributed by atoms with Gasteiger partial charge >= 0.3 is 26.2 Å². The predicted octanol–water partition coefficient (Wildman–Crippen LogP) is 1.31. The maximum Gasteiger partial charge on any atom is 4.00 e. The molecule has 0 unspecified atom stereocenters. The van der Waals surface area contributed by atoms with E-state index < -0.39 is 0 Å². The predicted molar refractivity (Wildman–Crippen MR) is 120 cm³/mol. The van der Waals surface area contributed by atoms with Crippen LogP contribution in [0, 0.1) is 12.2 Å². The third-order valence-electron chi connectivity index (χ3n) is 5.73. The van der Waals surface area contributed by atoms with E-state index in [2.05, 4.69) is 125 Å². The van der Waals surface area contributed by atoms with Gasteiger partial charge in [0.25, 0.3) is 0 Å². The molecule has 0 atom stereocenters. The Morgan fingerprint density at radius 2 is 0.903 bits per heavy atom. The first kappa shape index (κ1) is 29.9. The van der Waals surface area contributed by atoms with E-state index in [0.29, 0.717) is 0 Å². The maximum atomic E-state index is 3.40. The van der Waals surface area contributed by atoms with E-state index in [1.54, 1.807) is 0 Å². The Bertz CT molecular complexity index is 827. The van der Waals surface area contributed by atoms with E-state index in [1.165, 1.54) is 22.3 Å². The second-order valence-electron chi connectivity index (χ2n) is 8.38. The Morgan fingerprint density at radius 3 is 1.16 bits per heavy atom. The molecular weight excluding hydrogens is 498 g/mol. The van der Waals surface area contributed by atoms with Gasteiger partial charge in [0.15, 0.2) is 0 Å². The van der Waals surface area contributed by atoms with Crippen molar-refractivity contribution in [2.75, 3.05) is 0 Å². The van der Waals surface area contributed by atoms with Gasteiger partial charge in [-0.15, -0.1) is 12.8 Å². The molecule has 2 aliphatic rings. The van der Waals surface area contributed by atoms with Crippen molar-refractivity contribution in [1.82, 2.24) is 0 Å². The Hall–Kier alpha value is -1.14. The average Bonchev–Trinajstić information content (AvgIpc) is 3.44. The largest absolute Gasteiger partial charge is 4.00 e. The molecule has 0 amide bonds. The molecular formula is C28H30Cl2Zr. The molecule has 0 nitrogen and oxygen atoms in total. The van der Waals surface area contributed by atoms with Crippen LogP contribution in [0.3, 0.4) is 0 Å². The maximum absolute atomic E-state index is 3.40. The van der Waals surface area contributed by atoms with E-state index in [-0.39, 0.29) is 61.8 Å². The summed E-state index contributed by atoms with van der Waals surface area (Å²) in [6.45, 7) is 9.00. The molecule has 0 spiro atoms. The van der Waals surface area contributed by atoms with Crippen LogP contribution in [-0.2, 0) is 37.0 Å². The first-order valence-electron chi connectivity index (χ1n) is 10.1. The molecule has 0 aliphatic heterocycles. The second kappa shape index (κ2) is 13.4. The Kier molecular flexibility index (Phi) is 12.9. The molecule has 2 aliphatic carbocycles. The van der Waals surface area contributed by atoms with E-state index >= 15 is 0 Å². The van der Waals surface area contributed by atoms with Gasteiger partial charge in [-0.25, -0.2) is 23.3 Å². The molecule has 0 saturated carbocycles. The minimum Gasteiger partial charge on any atom is -1.00 e. The molecule has 0 aromatic heterocycles. The zero-order valence-electron chi connectivity index (χ0n) is 18.8. The number of rotatable bonds is 4. The molecule has 31 heavy (non-hydrogen) atoms. The summed E-state index contributed by atoms with van der Waals surface area (Å²) in [6.07, 6.45) is 17.4. The van der Waals surface area contributed by atoms with Crippen molar-refractivity contribution in [2.45, 2.75) is 51.4 Å². The van der Waals surface area contributed by atoms with Crippen LogP contribution in [0.15, 0.2) is 96.1 Å². The molecule has 160 valence electrons. The van der Waals surface area contributed by atoms with E-state index in [1.807, 2.05) is 0 Å². The Morgan fingerprint density at radius 1 is 0.581 bits per heavy atom. The second-order valence-corrected chi connectivity index (χ2v) is 8.38. The van der Waals surface area contributed by atoms with Crippen LogP contribution < -0.4 is 24.8 Å². The number of benzene rings is 2. The van der Waals surface area contributed by atoms with E-state index in [0.717, 1.165) is 12.8 Å². The van der Waals surface area contributed by atoms with Crippen LogP contribution in [0.25, 0.3) is 0 Å². The summed E-state index contributed by atoms with van der Waals surface area (Å²) in [5.41, 5.74) is 5.51. The summed E-state index contributed by atoms with van der Waals surface area (Å²) in [7, 11) is 0. The van der Waals surface area contributed by atoms with Crippen LogP contribution in [0.4, 0.5) is 0 Å². The topological polar surface area (TPSA) is 0 Å². The van der Waals surface area contributed by atoms with Crippen LogP contribution in [0.1, 0.15) is 51.7 Å². The Labute approximate surface area is 220 Å². The molecule has 0 heterocycles. The fourth-order valence-electron chi connectivity index (χ4n) is 3.69.